The van der Waals surface area contributed by atoms with Crippen LogP contribution in [0.15, 0.2) is 24.3 Å². The van der Waals surface area contributed by atoms with Crippen molar-refractivity contribution in [3.8, 4) is 11.6 Å². The third kappa shape index (κ3) is 2.66. The van der Waals surface area contributed by atoms with Crippen molar-refractivity contribution in [2.45, 2.75) is 25.7 Å². The molecule has 0 radical (unpaired) electrons. The van der Waals surface area contributed by atoms with E-state index >= 15 is 0 Å². The van der Waals surface area contributed by atoms with Gasteiger partial charge in [-0.2, -0.15) is 9.97 Å². The molecular weight excluding hydrogens is 252 g/mol. The highest BCUT2D eigenvalue weighted by atomic mass is 16.5. The van der Waals surface area contributed by atoms with Crippen LogP contribution in [0.3, 0.4) is 0 Å². The number of ether oxygens (including phenoxy) is 1. The van der Waals surface area contributed by atoms with Gasteiger partial charge in [0, 0.05) is 13.1 Å². The van der Waals surface area contributed by atoms with E-state index in [1.165, 1.54) is 30.4 Å². The lowest BCUT2D eigenvalue weighted by Gasteiger charge is -2.16. The maximum atomic E-state index is 5.80. The van der Waals surface area contributed by atoms with Gasteiger partial charge in [-0.1, -0.05) is 6.07 Å². The normalized spacial score (nSPS) is 13.7. The molecule has 0 amide bonds. The fourth-order valence-electron chi connectivity index (χ4n) is 2.52. The molecule has 0 saturated carbocycles. The number of hydrogen-bond donors (Lipinski definition) is 2. The van der Waals surface area contributed by atoms with Crippen molar-refractivity contribution in [2.75, 3.05) is 18.1 Å². The molecule has 0 unspecified atom stereocenters. The van der Waals surface area contributed by atoms with Crippen LogP contribution in [0.4, 0.5) is 11.8 Å². The molecule has 5 heteroatoms. The lowest BCUT2D eigenvalue weighted by Crippen LogP contribution is -2.03. The van der Waals surface area contributed by atoms with Gasteiger partial charge in [0.15, 0.2) is 0 Å². The van der Waals surface area contributed by atoms with Crippen LogP contribution >= 0.6 is 0 Å². The number of anilines is 2. The van der Waals surface area contributed by atoms with E-state index in [-0.39, 0.29) is 5.95 Å². The summed E-state index contributed by atoms with van der Waals surface area (Å²) in [6.45, 7) is 0. The fourth-order valence-corrected chi connectivity index (χ4v) is 2.52. The maximum absolute atomic E-state index is 5.80. The van der Waals surface area contributed by atoms with E-state index < -0.39 is 0 Å². The standard InChI is InChI=1S/C15H18N4O/c1-17-13-9-14(19-15(16)18-13)20-12-7-6-10-4-2-3-5-11(10)8-12/h6-9H,2-5H2,1H3,(H3,16,17,18,19). The Balaban J connectivity index is 1.85. The Bertz CT molecular complexity index is 627. The largest absolute Gasteiger partial charge is 0.439 e. The number of rotatable bonds is 3. The van der Waals surface area contributed by atoms with Crippen molar-refractivity contribution in [1.29, 1.82) is 0 Å². The van der Waals surface area contributed by atoms with E-state index in [2.05, 4.69) is 27.4 Å². The number of benzene rings is 1. The van der Waals surface area contributed by atoms with Crippen molar-refractivity contribution in [3.63, 3.8) is 0 Å². The van der Waals surface area contributed by atoms with Gasteiger partial charge in [-0.3, -0.25) is 0 Å². The highest BCUT2D eigenvalue weighted by Crippen LogP contribution is 2.28. The summed E-state index contributed by atoms with van der Waals surface area (Å²) in [6, 6.07) is 7.97. The molecule has 1 aromatic heterocycles. The molecule has 3 rings (SSSR count). The van der Waals surface area contributed by atoms with E-state index in [9.17, 15) is 0 Å². The van der Waals surface area contributed by atoms with Crippen molar-refractivity contribution in [1.82, 2.24) is 9.97 Å². The number of aryl methyl sites for hydroxylation is 2. The van der Waals surface area contributed by atoms with Crippen LogP contribution in [0.5, 0.6) is 11.6 Å². The fraction of sp³-hybridized carbons (Fsp3) is 0.333. The molecule has 0 saturated heterocycles. The highest BCUT2D eigenvalue weighted by Gasteiger charge is 2.11. The molecule has 2 aromatic rings. The summed E-state index contributed by atoms with van der Waals surface area (Å²) in [4.78, 5) is 8.13. The lowest BCUT2D eigenvalue weighted by atomic mass is 9.92. The van der Waals surface area contributed by atoms with Gasteiger partial charge in [0.25, 0.3) is 0 Å². The van der Waals surface area contributed by atoms with Gasteiger partial charge in [0.05, 0.1) is 0 Å². The van der Waals surface area contributed by atoms with Crippen LogP contribution < -0.4 is 15.8 Å². The molecule has 0 atom stereocenters. The van der Waals surface area contributed by atoms with Gasteiger partial charge < -0.3 is 15.8 Å². The third-order valence-corrected chi connectivity index (χ3v) is 3.52. The molecule has 20 heavy (non-hydrogen) atoms. The van der Waals surface area contributed by atoms with Gasteiger partial charge in [0.1, 0.15) is 11.6 Å². The second kappa shape index (κ2) is 5.36. The van der Waals surface area contributed by atoms with E-state index in [1.54, 1.807) is 13.1 Å². The maximum Gasteiger partial charge on any atom is 0.226 e. The summed E-state index contributed by atoms with van der Waals surface area (Å²) < 4.78 is 5.80. The number of hydrogen-bond acceptors (Lipinski definition) is 5. The molecule has 5 nitrogen and oxygen atoms in total. The second-order valence-electron chi connectivity index (χ2n) is 4.94. The van der Waals surface area contributed by atoms with Crippen LogP contribution in [0, 0.1) is 0 Å². The summed E-state index contributed by atoms with van der Waals surface area (Å²) in [5.41, 5.74) is 8.47. The summed E-state index contributed by atoms with van der Waals surface area (Å²) in [7, 11) is 1.78. The lowest BCUT2D eigenvalue weighted by molar-refractivity contribution is 0.461. The Kier molecular flexibility index (Phi) is 3.41. The molecule has 1 heterocycles. The molecule has 1 aliphatic carbocycles. The van der Waals surface area contributed by atoms with E-state index in [4.69, 9.17) is 10.5 Å². The van der Waals surface area contributed by atoms with Crippen LogP contribution in [-0.2, 0) is 12.8 Å². The topological polar surface area (TPSA) is 73.1 Å². The number of aromatic nitrogens is 2. The Morgan fingerprint density at radius 1 is 1.10 bits per heavy atom. The predicted octanol–water partition coefficient (Wildman–Crippen LogP) is 2.77. The first-order chi connectivity index (χ1) is 9.74. The smallest absolute Gasteiger partial charge is 0.226 e. The molecule has 104 valence electrons. The summed E-state index contributed by atoms with van der Waals surface area (Å²) in [6.07, 6.45) is 4.82. The molecule has 0 aliphatic heterocycles. The zero-order valence-electron chi connectivity index (χ0n) is 11.5. The van der Waals surface area contributed by atoms with E-state index in [1.807, 2.05) is 6.07 Å². The summed E-state index contributed by atoms with van der Waals surface area (Å²) in [5.74, 6) is 2.10. The Labute approximate surface area is 118 Å². The minimum absolute atomic E-state index is 0.199. The van der Waals surface area contributed by atoms with Gasteiger partial charge in [0.2, 0.25) is 11.8 Å². The molecular formula is C15H18N4O. The summed E-state index contributed by atoms with van der Waals surface area (Å²) in [5, 5.41) is 2.93. The average molecular weight is 270 g/mol. The molecule has 1 aromatic carbocycles. The molecule has 0 spiro atoms. The van der Waals surface area contributed by atoms with Crippen LogP contribution in [0.25, 0.3) is 0 Å². The molecule has 3 N–H and O–H groups in total. The summed E-state index contributed by atoms with van der Waals surface area (Å²) >= 11 is 0. The van der Waals surface area contributed by atoms with Crippen molar-refractivity contribution < 1.29 is 4.74 Å². The number of fused-ring (bicyclic) bond motifs is 1. The number of nitrogen functional groups attached to an aromatic ring is 1. The van der Waals surface area contributed by atoms with Crippen LogP contribution in [0.2, 0.25) is 0 Å². The van der Waals surface area contributed by atoms with E-state index in [0.717, 1.165) is 12.2 Å². The third-order valence-electron chi connectivity index (χ3n) is 3.52. The first kappa shape index (κ1) is 12.7. The Morgan fingerprint density at radius 2 is 1.90 bits per heavy atom. The minimum atomic E-state index is 0.199. The van der Waals surface area contributed by atoms with Gasteiger partial charge in [-0.05, 0) is 48.9 Å². The zero-order chi connectivity index (χ0) is 13.9. The van der Waals surface area contributed by atoms with Crippen LogP contribution in [0.1, 0.15) is 24.0 Å². The number of nitrogens with two attached hydrogens (primary N) is 1. The SMILES string of the molecule is CNc1cc(Oc2ccc3c(c2)CCCC3)nc(N)n1. The quantitative estimate of drug-likeness (QED) is 0.897. The van der Waals surface area contributed by atoms with E-state index in [0.29, 0.717) is 11.7 Å². The first-order valence-corrected chi connectivity index (χ1v) is 6.86. The van der Waals surface area contributed by atoms with Gasteiger partial charge >= 0.3 is 0 Å². The number of nitrogens with one attached hydrogen (secondary N) is 1. The Hall–Kier alpha value is -2.30. The molecule has 0 bridgehead atoms. The second-order valence-corrected chi connectivity index (χ2v) is 4.94. The zero-order valence-corrected chi connectivity index (χ0v) is 11.5. The van der Waals surface area contributed by atoms with Crippen molar-refractivity contribution in [3.05, 3.63) is 35.4 Å². The molecule has 1 aliphatic rings. The van der Waals surface area contributed by atoms with Crippen molar-refractivity contribution in [2.24, 2.45) is 0 Å². The predicted molar refractivity (Wildman–Crippen MR) is 79.1 cm³/mol. The Morgan fingerprint density at radius 3 is 2.70 bits per heavy atom. The monoisotopic (exact) mass is 270 g/mol. The number of nitrogens with zero attached hydrogens (tertiary/aromatic N) is 2. The molecule has 0 fully saturated rings. The average Bonchev–Trinajstić information content (AvgIpc) is 2.46. The van der Waals surface area contributed by atoms with Gasteiger partial charge in [-0.15, -0.1) is 0 Å². The first-order valence-electron chi connectivity index (χ1n) is 6.86. The van der Waals surface area contributed by atoms with Gasteiger partial charge in [-0.25, -0.2) is 0 Å². The van der Waals surface area contributed by atoms with Crippen molar-refractivity contribution >= 4 is 11.8 Å². The minimum Gasteiger partial charge on any atom is -0.439 e. The highest BCUT2D eigenvalue weighted by molar-refractivity contribution is 5.44. The van der Waals surface area contributed by atoms with Crippen LogP contribution in [-0.4, -0.2) is 17.0 Å².